The van der Waals surface area contributed by atoms with Gasteiger partial charge in [0, 0.05) is 25.3 Å². The molecule has 3 N–H and O–H groups in total. The lowest BCUT2D eigenvalue weighted by molar-refractivity contribution is 0.124. The Bertz CT molecular complexity index is 1010. The molecule has 27 heavy (non-hydrogen) atoms. The standard InChI is InChI=1S/C19H19FN6O/c20-13-2-4-16-17(7-13)26(10-14-3-1-12(8-21)9-23-14)19(24-16)25-6-5-18(27)15(22)11-25/h1-4,7,9,15,18,27H,5-6,10-11,22H2/t15-,18+/m1/s1. The highest BCUT2D eigenvalue weighted by Crippen LogP contribution is 2.26. The Morgan fingerprint density at radius 2 is 2.19 bits per heavy atom. The third kappa shape index (κ3) is 3.35. The number of pyridine rings is 1. The number of piperidine rings is 1. The molecule has 0 aliphatic carbocycles. The zero-order chi connectivity index (χ0) is 19.0. The Kier molecular flexibility index (Phi) is 4.48. The van der Waals surface area contributed by atoms with Crippen molar-refractivity contribution in [2.75, 3.05) is 18.0 Å². The Hall–Kier alpha value is -3.02. The van der Waals surface area contributed by atoms with Crippen LogP contribution in [0.15, 0.2) is 36.5 Å². The van der Waals surface area contributed by atoms with Crippen molar-refractivity contribution in [3.05, 3.63) is 53.6 Å². The zero-order valence-electron chi connectivity index (χ0n) is 14.6. The van der Waals surface area contributed by atoms with Crippen molar-refractivity contribution in [2.45, 2.75) is 25.1 Å². The van der Waals surface area contributed by atoms with Crippen molar-refractivity contribution in [1.29, 1.82) is 5.26 Å². The third-order valence-electron chi connectivity index (χ3n) is 4.87. The van der Waals surface area contributed by atoms with Gasteiger partial charge in [0.25, 0.3) is 0 Å². The number of halogens is 1. The van der Waals surface area contributed by atoms with Gasteiger partial charge in [0.15, 0.2) is 0 Å². The number of aromatic nitrogens is 3. The molecule has 3 heterocycles. The fourth-order valence-corrected chi connectivity index (χ4v) is 3.38. The maximum Gasteiger partial charge on any atom is 0.206 e. The maximum absolute atomic E-state index is 13.9. The summed E-state index contributed by atoms with van der Waals surface area (Å²) < 4.78 is 15.8. The van der Waals surface area contributed by atoms with E-state index in [1.165, 1.54) is 18.3 Å². The van der Waals surface area contributed by atoms with Crippen molar-refractivity contribution < 1.29 is 9.50 Å². The summed E-state index contributed by atoms with van der Waals surface area (Å²) in [6, 6.07) is 9.65. The smallest absolute Gasteiger partial charge is 0.206 e. The highest BCUT2D eigenvalue weighted by atomic mass is 19.1. The number of nitriles is 1. The van der Waals surface area contributed by atoms with Gasteiger partial charge in [-0.1, -0.05) is 0 Å². The summed E-state index contributed by atoms with van der Waals surface area (Å²) in [6.45, 7) is 1.46. The van der Waals surface area contributed by atoms with Crippen molar-refractivity contribution >= 4 is 17.0 Å². The van der Waals surface area contributed by atoms with Crippen LogP contribution < -0.4 is 10.6 Å². The van der Waals surface area contributed by atoms with Gasteiger partial charge < -0.3 is 20.3 Å². The van der Waals surface area contributed by atoms with Crippen LogP contribution in [-0.4, -0.2) is 44.9 Å². The minimum Gasteiger partial charge on any atom is -0.391 e. The molecule has 2 atom stereocenters. The number of nitrogens with zero attached hydrogens (tertiary/aromatic N) is 5. The first-order valence-corrected chi connectivity index (χ1v) is 8.74. The number of hydrogen-bond acceptors (Lipinski definition) is 6. The minimum atomic E-state index is -0.531. The van der Waals surface area contributed by atoms with Crippen LogP contribution in [0.3, 0.4) is 0 Å². The fraction of sp³-hybridized carbons (Fsp3) is 0.316. The van der Waals surface area contributed by atoms with Gasteiger partial charge in [0.05, 0.1) is 34.9 Å². The largest absolute Gasteiger partial charge is 0.391 e. The first kappa shape index (κ1) is 17.4. The van der Waals surface area contributed by atoms with Gasteiger partial charge in [-0.15, -0.1) is 0 Å². The molecule has 0 radical (unpaired) electrons. The number of aliphatic hydroxyl groups excluding tert-OH is 1. The van der Waals surface area contributed by atoms with Crippen molar-refractivity contribution in [2.24, 2.45) is 5.73 Å². The number of fused-ring (bicyclic) bond motifs is 1. The number of imidazole rings is 1. The lowest BCUT2D eigenvalue weighted by atomic mass is 10.0. The minimum absolute atomic E-state index is 0.339. The van der Waals surface area contributed by atoms with Gasteiger partial charge in [-0.2, -0.15) is 5.26 Å². The molecular formula is C19H19FN6O. The molecular weight excluding hydrogens is 347 g/mol. The Morgan fingerprint density at radius 3 is 2.89 bits per heavy atom. The second-order valence-electron chi connectivity index (χ2n) is 6.75. The molecule has 1 saturated heterocycles. The van der Waals surface area contributed by atoms with E-state index in [1.54, 1.807) is 18.2 Å². The SMILES string of the molecule is N#Cc1ccc(Cn2c(N3CC[C@H](O)[C@H](N)C3)nc3ccc(F)cc32)nc1. The van der Waals surface area contributed by atoms with Crippen LogP contribution in [0.5, 0.6) is 0 Å². The highest BCUT2D eigenvalue weighted by molar-refractivity contribution is 5.79. The number of rotatable bonds is 3. The molecule has 2 aromatic heterocycles. The zero-order valence-corrected chi connectivity index (χ0v) is 14.6. The number of benzene rings is 1. The molecule has 7 nitrogen and oxygen atoms in total. The second-order valence-corrected chi connectivity index (χ2v) is 6.75. The Morgan fingerprint density at radius 1 is 1.33 bits per heavy atom. The fourth-order valence-electron chi connectivity index (χ4n) is 3.38. The van der Waals surface area contributed by atoms with Crippen LogP contribution in [0.1, 0.15) is 17.7 Å². The Balaban J connectivity index is 1.76. The molecule has 0 spiro atoms. The number of nitrogens with two attached hydrogens (primary N) is 1. The highest BCUT2D eigenvalue weighted by Gasteiger charge is 2.28. The molecule has 3 aromatic rings. The average molecular weight is 366 g/mol. The first-order chi connectivity index (χ1) is 13.0. The van der Waals surface area contributed by atoms with Crippen LogP contribution in [0.4, 0.5) is 10.3 Å². The summed E-state index contributed by atoms with van der Waals surface area (Å²) in [5, 5.41) is 18.8. The van der Waals surface area contributed by atoms with Gasteiger partial charge in [-0.3, -0.25) is 4.98 Å². The van der Waals surface area contributed by atoms with E-state index in [9.17, 15) is 9.50 Å². The molecule has 1 aliphatic rings. The van der Waals surface area contributed by atoms with Crippen LogP contribution in [0.2, 0.25) is 0 Å². The molecule has 0 bridgehead atoms. The van der Waals surface area contributed by atoms with Gasteiger partial charge in [0.1, 0.15) is 11.9 Å². The van der Waals surface area contributed by atoms with E-state index in [0.717, 1.165) is 5.69 Å². The Labute approximate surface area is 155 Å². The van der Waals surface area contributed by atoms with Crippen LogP contribution >= 0.6 is 0 Å². The maximum atomic E-state index is 13.9. The molecule has 0 unspecified atom stereocenters. The van der Waals surface area contributed by atoms with Crippen LogP contribution in [-0.2, 0) is 6.54 Å². The van der Waals surface area contributed by atoms with Crippen molar-refractivity contribution in [3.63, 3.8) is 0 Å². The van der Waals surface area contributed by atoms with Crippen LogP contribution in [0, 0.1) is 17.1 Å². The number of aliphatic hydroxyl groups is 1. The average Bonchev–Trinajstić information content (AvgIpc) is 3.02. The van der Waals surface area contributed by atoms with E-state index in [-0.39, 0.29) is 11.9 Å². The lowest BCUT2D eigenvalue weighted by Gasteiger charge is -2.35. The topological polar surface area (TPSA) is 104 Å². The molecule has 0 saturated carbocycles. The molecule has 138 valence electrons. The molecule has 4 rings (SSSR count). The van der Waals surface area contributed by atoms with Gasteiger partial charge in [-0.25, -0.2) is 9.37 Å². The summed E-state index contributed by atoms with van der Waals surface area (Å²) in [7, 11) is 0. The third-order valence-corrected chi connectivity index (χ3v) is 4.87. The van der Waals surface area contributed by atoms with Gasteiger partial charge in [-0.05, 0) is 36.8 Å². The van der Waals surface area contributed by atoms with E-state index in [0.29, 0.717) is 48.6 Å². The van der Waals surface area contributed by atoms with E-state index >= 15 is 0 Å². The van der Waals surface area contributed by atoms with Crippen molar-refractivity contribution in [3.8, 4) is 6.07 Å². The summed E-state index contributed by atoms with van der Waals surface area (Å²) in [5.41, 5.74) is 8.59. The normalized spacial score (nSPS) is 20.0. The molecule has 1 fully saturated rings. The summed E-state index contributed by atoms with van der Waals surface area (Å²) in [4.78, 5) is 11.0. The van der Waals surface area contributed by atoms with E-state index < -0.39 is 6.10 Å². The molecule has 8 heteroatoms. The quantitative estimate of drug-likeness (QED) is 0.726. The van der Waals surface area contributed by atoms with Crippen LogP contribution in [0.25, 0.3) is 11.0 Å². The summed E-state index contributed by atoms with van der Waals surface area (Å²) in [5.74, 6) is 0.331. The monoisotopic (exact) mass is 366 g/mol. The summed E-state index contributed by atoms with van der Waals surface area (Å²) >= 11 is 0. The van der Waals surface area contributed by atoms with E-state index in [4.69, 9.17) is 11.0 Å². The molecule has 1 aromatic carbocycles. The first-order valence-electron chi connectivity index (χ1n) is 8.74. The predicted octanol–water partition coefficient (Wildman–Crippen LogP) is 1.39. The van der Waals surface area contributed by atoms with E-state index in [1.807, 2.05) is 15.5 Å². The van der Waals surface area contributed by atoms with Gasteiger partial charge >= 0.3 is 0 Å². The second kappa shape index (κ2) is 6.95. The number of hydrogen-bond donors (Lipinski definition) is 2. The molecule has 0 amide bonds. The molecule has 1 aliphatic heterocycles. The summed E-state index contributed by atoms with van der Waals surface area (Å²) in [6.07, 6.45) is 1.53. The van der Waals surface area contributed by atoms with E-state index in [2.05, 4.69) is 9.97 Å². The van der Waals surface area contributed by atoms with Crippen molar-refractivity contribution in [1.82, 2.24) is 14.5 Å². The van der Waals surface area contributed by atoms with Gasteiger partial charge in [0.2, 0.25) is 5.95 Å². The number of anilines is 1. The predicted molar refractivity (Wildman–Crippen MR) is 98.6 cm³/mol. The lowest BCUT2D eigenvalue weighted by Crippen LogP contribution is -2.52.